The molecule has 2 unspecified atom stereocenters. The van der Waals surface area contributed by atoms with Gasteiger partial charge in [0.15, 0.2) is 0 Å². The van der Waals surface area contributed by atoms with E-state index in [4.69, 9.17) is 16.3 Å². The molecule has 1 heterocycles. The number of ether oxygens (including phenoxy) is 1. The van der Waals surface area contributed by atoms with Crippen molar-refractivity contribution in [1.29, 1.82) is 0 Å². The van der Waals surface area contributed by atoms with Crippen molar-refractivity contribution in [2.45, 2.75) is 30.3 Å². The number of hydrogen-bond donors (Lipinski definition) is 4. The van der Waals surface area contributed by atoms with Crippen molar-refractivity contribution in [3.05, 3.63) is 95.1 Å². The largest absolute Gasteiger partial charge is 0.479 e. The van der Waals surface area contributed by atoms with Crippen LogP contribution in [0, 0.1) is 0 Å². The number of fused-ring (bicyclic) bond motifs is 3. The lowest BCUT2D eigenvalue weighted by molar-refractivity contribution is -0.162. The van der Waals surface area contributed by atoms with Crippen LogP contribution in [0.2, 0.25) is 0 Å². The van der Waals surface area contributed by atoms with Crippen LogP contribution in [0.25, 0.3) is 11.1 Å². The number of nitrogens with one attached hydrogen (secondary N) is 1. The number of imide groups is 1. The Balaban J connectivity index is 1.23. The van der Waals surface area contributed by atoms with Gasteiger partial charge < -0.3 is 26.7 Å². The molecule has 0 bridgehead atoms. The van der Waals surface area contributed by atoms with Crippen molar-refractivity contribution in [2.75, 3.05) is 13.2 Å². The number of esters is 1. The second-order valence-corrected chi connectivity index (χ2v) is 10.1. The van der Waals surface area contributed by atoms with Gasteiger partial charge in [0.1, 0.15) is 12.6 Å². The molecule has 210 valence electrons. The van der Waals surface area contributed by atoms with Gasteiger partial charge in [-0.3, -0.25) is 9.69 Å². The van der Waals surface area contributed by atoms with Crippen LogP contribution in [-0.4, -0.2) is 64.8 Å². The lowest BCUT2D eigenvalue weighted by Gasteiger charge is -2.25. The number of hydrogen-bond acceptors (Lipinski definition) is 8. The normalized spacial score (nSPS) is 17.7. The maximum atomic E-state index is 13.1. The molecule has 1 aliphatic carbocycles. The van der Waals surface area contributed by atoms with Crippen LogP contribution in [0.15, 0.2) is 77.9 Å². The number of rotatable bonds is 10. The van der Waals surface area contributed by atoms with Crippen molar-refractivity contribution in [1.82, 2.24) is 10.2 Å². The minimum Gasteiger partial charge on any atom is -0.479 e. The summed E-state index contributed by atoms with van der Waals surface area (Å²) in [6.45, 7) is -0.486. The molecule has 2 atom stereocenters. The Morgan fingerprint density at radius 2 is 1.61 bits per heavy atom. The quantitative estimate of drug-likeness (QED) is 0.0732. The second-order valence-electron chi connectivity index (χ2n) is 10.1. The summed E-state index contributed by atoms with van der Waals surface area (Å²) in [4.78, 5) is 51.7. The third-order valence-corrected chi connectivity index (χ3v) is 7.57. The zero-order chi connectivity index (χ0) is 29.1. The van der Waals surface area contributed by atoms with Gasteiger partial charge in [0.05, 0.1) is 6.21 Å². The van der Waals surface area contributed by atoms with Crippen LogP contribution in [0.4, 0.5) is 4.79 Å². The Labute approximate surface area is 235 Å². The van der Waals surface area contributed by atoms with Gasteiger partial charge in [-0.2, -0.15) is 5.10 Å². The summed E-state index contributed by atoms with van der Waals surface area (Å²) in [6, 6.07) is 21.1. The number of hydrazone groups is 1. The van der Waals surface area contributed by atoms with Gasteiger partial charge in [-0.1, -0.05) is 72.8 Å². The van der Waals surface area contributed by atoms with Gasteiger partial charge in [-0.05, 0) is 33.4 Å². The third kappa shape index (κ3) is 5.27. The van der Waals surface area contributed by atoms with Crippen LogP contribution in [0.5, 0.6) is 0 Å². The van der Waals surface area contributed by atoms with E-state index in [0.717, 1.165) is 38.3 Å². The van der Waals surface area contributed by atoms with Crippen LogP contribution in [0.3, 0.4) is 0 Å². The van der Waals surface area contributed by atoms with Crippen molar-refractivity contribution in [3.63, 3.8) is 0 Å². The molecule has 3 amide bonds. The molecule has 0 aromatic heterocycles. The average molecular weight is 556 g/mol. The number of carbonyl (C=O) groups is 4. The average Bonchev–Trinajstić information content (AvgIpc) is 3.43. The molecule has 5 rings (SSSR count). The Morgan fingerprint density at radius 3 is 2.20 bits per heavy atom. The number of carboxylic acids is 1. The fraction of sp³-hybridized carbons (Fsp3) is 0.233. The number of carboxylic acid groups (broad SMARTS) is 1. The summed E-state index contributed by atoms with van der Waals surface area (Å²) in [6.07, 6.45) is 1.18. The fourth-order valence-electron chi connectivity index (χ4n) is 5.30. The topological polar surface area (TPSA) is 177 Å². The monoisotopic (exact) mass is 555 g/mol. The minimum atomic E-state index is -2.46. The Morgan fingerprint density at radius 1 is 1.00 bits per heavy atom. The molecule has 0 spiro atoms. The molecular weight excluding hydrogens is 526 g/mol. The highest BCUT2D eigenvalue weighted by atomic mass is 16.5. The molecule has 2 aliphatic rings. The van der Waals surface area contributed by atoms with Crippen LogP contribution in [0.1, 0.15) is 34.6 Å². The number of carbonyl (C=O) groups excluding carboxylic acids is 3. The van der Waals surface area contributed by atoms with E-state index in [2.05, 4.69) is 10.4 Å². The van der Waals surface area contributed by atoms with E-state index >= 15 is 0 Å². The molecule has 0 saturated carbocycles. The molecule has 1 saturated heterocycles. The lowest BCUT2D eigenvalue weighted by atomic mass is 9.95. The Hall–Kier alpha value is -5.03. The molecule has 41 heavy (non-hydrogen) atoms. The molecule has 3 aromatic carbocycles. The maximum absolute atomic E-state index is 13.1. The van der Waals surface area contributed by atoms with Gasteiger partial charge in [-0.15, -0.1) is 0 Å². The minimum absolute atomic E-state index is 0.111. The first kappa shape index (κ1) is 27.5. The lowest BCUT2D eigenvalue weighted by Crippen LogP contribution is -2.57. The summed E-state index contributed by atoms with van der Waals surface area (Å²) in [5.41, 5.74) is 9.14. The molecule has 11 heteroatoms. The smallest absolute Gasteiger partial charge is 0.337 e. The summed E-state index contributed by atoms with van der Waals surface area (Å²) in [5.74, 6) is 1.58. The van der Waals surface area contributed by atoms with Crippen LogP contribution < -0.4 is 16.9 Å². The molecule has 3 aromatic rings. The highest BCUT2D eigenvalue weighted by Crippen LogP contribution is 2.44. The van der Waals surface area contributed by atoms with E-state index in [1.165, 1.54) is 6.21 Å². The van der Waals surface area contributed by atoms with E-state index in [-0.39, 0.29) is 25.5 Å². The van der Waals surface area contributed by atoms with E-state index in [0.29, 0.717) is 0 Å². The summed E-state index contributed by atoms with van der Waals surface area (Å²) in [7, 11) is 0. The van der Waals surface area contributed by atoms with Crippen molar-refractivity contribution < 1.29 is 29.0 Å². The highest BCUT2D eigenvalue weighted by Gasteiger charge is 2.47. The molecule has 0 radical (unpaired) electrons. The number of benzene rings is 3. The summed E-state index contributed by atoms with van der Waals surface area (Å²) in [5, 5.41) is 15.9. The standard InChI is InChI=1S/C30H29N5O6/c31-30(27(37)38,28(39)41-17-24-22-7-3-1-5-20(22)21-6-2-4-8-23(21)24)13-14-35-26(36)25(34-29(35)40)15-18-9-11-19(12-10-18)16-33-32/h1-12,16,24-25H,13-15,17,31-32H2,(H,34,40)(H,37,38). The van der Waals surface area contributed by atoms with Gasteiger partial charge in [0.25, 0.3) is 5.91 Å². The molecule has 1 fully saturated rings. The number of aliphatic carboxylic acids is 1. The molecule has 6 N–H and O–H groups in total. The van der Waals surface area contributed by atoms with E-state index in [9.17, 15) is 24.3 Å². The number of urea groups is 1. The number of nitrogens with zero attached hydrogens (tertiary/aromatic N) is 2. The Kier molecular flexibility index (Phi) is 7.54. The number of nitrogens with two attached hydrogens (primary N) is 2. The van der Waals surface area contributed by atoms with Gasteiger partial charge in [0.2, 0.25) is 5.54 Å². The fourth-order valence-corrected chi connectivity index (χ4v) is 5.30. The number of amides is 3. The molecule has 1 aliphatic heterocycles. The van der Waals surface area contributed by atoms with Crippen LogP contribution in [-0.2, 0) is 25.5 Å². The first-order valence-corrected chi connectivity index (χ1v) is 13.0. The molecule has 11 nitrogen and oxygen atoms in total. The Bertz CT molecular complexity index is 1490. The van der Waals surface area contributed by atoms with Gasteiger partial charge in [0, 0.05) is 25.3 Å². The highest BCUT2D eigenvalue weighted by molar-refractivity contribution is 6.06. The van der Waals surface area contributed by atoms with Crippen LogP contribution >= 0.6 is 0 Å². The third-order valence-electron chi connectivity index (χ3n) is 7.57. The zero-order valence-corrected chi connectivity index (χ0v) is 22.0. The summed E-state index contributed by atoms with van der Waals surface area (Å²) >= 11 is 0. The SMILES string of the molecule is NN=Cc1ccc(CC2NC(=O)N(CCC(N)(C(=O)O)C(=O)OCC3c4ccccc4-c4ccccc43)C2=O)cc1. The maximum Gasteiger partial charge on any atom is 0.337 e. The first-order chi connectivity index (χ1) is 19.7. The van der Waals surface area contributed by atoms with Gasteiger partial charge >= 0.3 is 18.0 Å². The molecular formula is C30H29N5O6. The zero-order valence-electron chi connectivity index (χ0n) is 22.0. The first-order valence-electron chi connectivity index (χ1n) is 13.0. The van der Waals surface area contributed by atoms with E-state index in [1.54, 1.807) is 24.3 Å². The van der Waals surface area contributed by atoms with Crippen molar-refractivity contribution in [2.24, 2.45) is 16.7 Å². The second kappa shape index (κ2) is 11.2. The van der Waals surface area contributed by atoms with Gasteiger partial charge in [-0.25, -0.2) is 14.4 Å². The van der Waals surface area contributed by atoms with E-state index in [1.807, 2.05) is 48.5 Å². The van der Waals surface area contributed by atoms with Crippen molar-refractivity contribution in [3.8, 4) is 11.1 Å². The predicted octanol–water partition coefficient (Wildman–Crippen LogP) is 1.97. The predicted molar refractivity (Wildman–Crippen MR) is 150 cm³/mol. The van der Waals surface area contributed by atoms with Crippen molar-refractivity contribution >= 4 is 30.1 Å². The van der Waals surface area contributed by atoms with E-state index < -0.39 is 41.9 Å². The summed E-state index contributed by atoms with van der Waals surface area (Å²) < 4.78 is 5.50.